The minimum absolute atomic E-state index is 0.672. The minimum Gasteiger partial charge on any atom is -0.313 e. The van der Waals surface area contributed by atoms with E-state index in [9.17, 15) is 0 Å². The zero-order chi connectivity index (χ0) is 14.8. The normalized spacial score (nSPS) is 29.8. The van der Waals surface area contributed by atoms with Crippen LogP contribution in [0.1, 0.15) is 50.7 Å². The molecule has 3 unspecified atom stereocenters. The van der Waals surface area contributed by atoms with Gasteiger partial charge in [0.15, 0.2) is 0 Å². The fourth-order valence-electron chi connectivity index (χ4n) is 4.00. The molecule has 2 aliphatic rings. The van der Waals surface area contributed by atoms with Crippen LogP contribution in [0.4, 0.5) is 0 Å². The Kier molecular flexibility index (Phi) is 4.66. The first-order chi connectivity index (χ1) is 10.1. The van der Waals surface area contributed by atoms with Crippen molar-refractivity contribution in [3.05, 3.63) is 35.4 Å². The predicted octanol–water partition coefficient (Wildman–Crippen LogP) is 3.42. The molecule has 2 nitrogen and oxygen atoms in total. The maximum Gasteiger partial charge on any atom is 0.0197 e. The standard InChI is InChI=1S/C19H30N2/c1-14(2)10-18-13-21(15(3)8-9-20-18)12-17-11-16-6-4-5-7-19(16)17/h4-7,14-15,17-18,20H,8-13H2,1-3H3. The third-order valence-corrected chi connectivity index (χ3v) is 5.25. The summed E-state index contributed by atoms with van der Waals surface area (Å²) in [5.74, 6) is 1.55. The van der Waals surface area contributed by atoms with Crippen LogP contribution in [0.3, 0.4) is 0 Å². The molecule has 3 rings (SSSR count). The number of hydrogen-bond acceptors (Lipinski definition) is 2. The molecule has 1 saturated heterocycles. The Bertz CT molecular complexity index is 468. The molecule has 1 heterocycles. The molecule has 0 radical (unpaired) electrons. The van der Waals surface area contributed by atoms with Crippen LogP contribution in [0.2, 0.25) is 0 Å². The van der Waals surface area contributed by atoms with E-state index in [0.717, 1.165) is 11.8 Å². The van der Waals surface area contributed by atoms with Gasteiger partial charge in [-0.15, -0.1) is 0 Å². The Hall–Kier alpha value is -0.860. The van der Waals surface area contributed by atoms with Crippen LogP contribution in [0.5, 0.6) is 0 Å². The quantitative estimate of drug-likeness (QED) is 0.912. The lowest BCUT2D eigenvalue weighted by molar-refractivity contribution is 0.181. The molecular weight excluding hydrogens is 256 g/mol. The number of rotatable bonds is 4. The number of nitrogens with one attached hydrogen (secondary N) is 1. The second-order valence-corrected chi connectivity index (χ2v) is 7.47. The monoisotopic (exact) mass is 286 g/mol. The first kappa shape index (κ1) is 15.1. The van der Waals surface area contributed by atoms with Crippen LogP contribution in [-0.2, 0) is 6.42 Å². The van der Waals surface area contributed by atoms with Crippen molar-refractivity contribution in [2.24, 2.45) is 5.92 Å². The van der Waals surface area contributed by atoms with Crippen LogP contribution >= 0.6 is 0 Å². The first-order valence-corrected chi connectivity index (χ1v) is 8.68. The summed E-state index contributed by atoms with van der Waals surface area (Å²) >= 11 is 0. The van der Waals surface area contributed by atoms with Crippen molar-refractivity contribution < 1.29 is 0 Å². The number of fused-ring (bicyclic) bond motifs is 1. The van der Waals surface area contributed by atoms with Gasteiger partial charge >= 0.3 is 0 Å². The van der Waals surface area contributed by atoms with Crippen LogP contribution in [0.25, 0.3) is 0 Å². The highest BCUT2D eigenvalue weighted by atomic mass is 15.2. The Morgan fingerprint density at radius 2 is 2.10 bits per heavy atom. The molecule has 1 aromatic rings. The van der Waals surface area contributed by atoms with Gasteiger partial charge in [-0.2, -0.15) is 0 Å². The van der Waals surface area contributed by atoms with Gasteiger partial charge < -0.3 is 5.32 Å². The highest BCUT2D eigenvalue weighted by Gasteiger charge is 2.31. The fraction of sp³-hybridized carbons (Fsp3) is 0.684. The summed E-state index contributed by atoms with van der Waals surface area (Å²) < 4.78 is 0. The summed E-state index contributed by atoms with van der Waals surface area (Å²) in [5.41, 5.74) is 3.17. The average Bonchev–Trinajstić information content (AvgIpc) is 2.58. The molecule has 1 aliphatic carbocycles. The Morgan fingerprint density at radius 1 is 1.29 bits per heavy atom. The largest absolute Gasteiger partial charge is 0.313 e. The third kappa shape index (κ3) is 3.49. The van der Waals surface area contributed by atoms with Crippen LogP contribution < -0.4 is 5.32 Å². The van der Waals surface area contributed by atoms with Crippen LogP contribution in [0.15, 0.2) is 24.3 Å². The zero-order valence-electron chi connectivity index (χ0n) is 13.8. The molecule has 0 bridgehead atoms. The lowest BCUT2D eigenvalue weighted by Crippen LogP contribution is -2.44. The van der Waals surface area contributed by atoms with E-state index in [-0.39, 0.29) is 0 Å². The van der Waals surface area contributed by atoms with Gasteiger partial charge in [0.25, 0.3) is 0 Å². The molecule has 1 N–H and O–H groups in total. The first-order valence-electron chi connectivity index (χ1n) is 8.68. The smallest absolute Gasteiger partial charge is 0.0197 e. The number of benzene rings is 1. The van der Waals surface area contributed by atoms with Crippen LogP contribution in [0, 0.1) is 5.92 Å². The minimum atomic E-state index is 0.672. The van der Waals surface area contributed by atoms with Crippen molar-refractivity contribution in [2.45, 2.75) is 58.0 Å². The van der Waals surface area contributed by atoms with Gasteiger partial charge in [0.1, 0.15) is 0 Å². The van der Waals surface area contributed by atoms with Gasteiger partial charge in [-0.05, 0) is 49.8 Å². The van der Waals surface area contributed by atoms with Gasteiger partial charge in [-0.3, -0.25) is 4.90 Å². The molecule has 0 aromatic heterocycles. The number of nitrogens with zero attached hydrogens (tertiary/aromatic N) is 1. The SMILES string of the molecule is CC(C)CC1CN(CC2Cc3ccccc32)C(C)CCN1. The lowest BCUT2D eigenvalue weighted by atomic mass is 9.77. The average molecular weight is 286 g/mol. The van der Waals surface area contributed by atoms with Gasteiger partial charge in [0.2, 0.25) is 0 Å². The Morgan fingerprint density at radius 3 is 2.86 bits per heavy atom. The van der Waals surface area contributed by atoms with E-state index < -0.39 is 0 Å². The molecule has 1 aromatic carbocycles. The van der Waals surface area contributed by atoms with Crippen molar-refractivity contribution in [3.8, 4) is 0 Å². The molecule has 3 atom stereocenters. The van der Waals surface area contributed by atoms with Gasteiger partial charge in [0, 0.05) is 31.1 Å². The van der Waals surface area contributed by atoms with E-state index in [4.69, 9.17) is 0 Å². The van der Waals surface area contributed by atoms with E-state index in [1.807, 2.05) is 0 Å². The summed E-state index contributed by atoms with van der Waals surface area (Å²) in [7, 11) is 0. The van der Waals surface area contributed by atoms with Crippen molar-refractivity contribution in [2.75, 3.05) is 19.6 Å². The Labute approximate surface area is 129 Å². The van der Waals surface area contributed by atoms with Crippen molar-refractivity contribution in [1.29, 1.82) is 0 Å². The molecular formula is C19H30N2. The fourth-order valence-corrected chi connectivity index (χ4v) is 4.00. The molecule has 2 heteroatoms. The van der Waals surface area contributed by atoms with E-state index in [1.54, 1.807) is 11.1 Å². The molecule has 1 aliphatic heterocycles. The molecule has 116 valence electrons. The third-order valence-electron chi connectivity index (χ3n) is 5.25. The summed E-state index contributed by atoms with van der Waals surface area (Å²) in [6.45, 7) is 10.7. The van der Waals surface area contributed by atoms with Crippen molar-refractivity contribution >= 4 is 0 Å². The van der Waals surface area contributed by atoms with E-state index in [2.05, 4.69) is 55.3 Å². The molecule has 21 heavy (non-hydrogen) atoms. The second kappa shape index (κ2) is 6.50. The van der Waals surface area contributed by atoms with E-state index in [0.29, 0.717) is 12.1 Å². The number of hydrogen-bond donors (Lipinski definition) is 1. The maximum atomic E-state index is 3.76. The van der Waals surface area contributed by atoms with Crippen LogP contribution in [-0.4, -0.2) is 36.6 Å². The summed E-state index contributed by atoms with van der Waals surface area (Å²) in [6.07, 6.45) is 3.86. The van der Waals surface area contributed by atoms with Gasteiger partial charge in [-0.25, -0.2) is 0 Å². The predicted molar refractivity (Wildman–Crippen MR) is 89.8 cm³/mol. The maximum absolute atomic E-state index is 3.76. The molecule has 0 spiro atoms. The van der Waals surface area contributed by atoms with Crippen molar-refractivity contribution in [1.82, 2.24) is 10.2 Å². The van der Waals surface area contributed by atoms with E-state index >= 15 is 0 Å². The summed E-state index contributed by atoms with van der Waals surface area (Å²) in [4.78, 5) is 2.74. The molecule has 1 fully saturated rings. The van der Waals surface area contributed by atoms with E-state index in [1.165, 1.54) is 38.9 Å². The topological polar surface area (TPSA) is 15.3 Å². The van der Waals surface area contributed by atoms with Crippen molar-refractivity contribution in [3.63, 3.8) is 0 Å². The highest BCUT2D eigenvalue weighted by Crippen LogP contribution is 2.36. The van der Waals surface area contributed by atoms with Gasteiger partial charge in [0.05, 0.1) is 0 Å². The Balaban J connectivity index is 1.63. The molecule has 0 amide bonds. The highest BCUT2D eigenvalue weighted by molar-refractivity contribution is 5.40. The lowest BCUT2D eigenvalue weighted by Gasteiger charge is -2.38. The summed E-state index contributed by atoms with van der Waals surface area (Å²) in [6, 6.07) is 10.4. The zero-order valence-corrected chi connectivity index (χ0v) is 13.8. The summed E-state index contributed by atoms with van der Waals surface area (Å²) in [5, 5.41) is 3.76. The molecule has 0 saturated carbocycles. The second-order valence-electron chi connectivity index (χ2n) is 7.47. The van der Waals surface area contributed by atoms with Gasteiger partial charge in [-0.1, -0.05) is 38.1 Å².